The lowest BCUT2D eigenvalue weighted by atomic mass is 10.1. The first kappa shape index (κ1) is 15.4. The van der Waals surface area contributed by atoms with E-state index in [0.29, 0.717) is 11.7 Å². The van der Waals surface area contributed by atoms with Crippen LogP contribution in [0.15, 0.2) is 48.5 Å². The van der Waals surface area contributed by atoms with Crippen LogP contribution in [0.5, 0.6) is 0 Å². The molecule has 2 rings (SSSR count). The van der Waals surface area contributed by atoms with Crippen LogP contribution in [-0.2, 0) is 13.0 Å². The summed E-state index contributed by atoms with van der Waals surface area (Å²) in [5.41, 5.74) is 3.28. The first-order valence-electron chi connectivity index (χ1n) is 7.05. The Morgan fingerprint density at radius 2 is 1.62 bits per heavy atom. The van der Waals surface area contributed by atoms with Gasteiger partial charge in [-0.05, 0) is 54.0 Å². The number of rotatable bonds is 5. The van der Waals surface area contributed by atoms with Gasteiger partial charge in [-0.15, -0.1) is 0 Å². The van der Waals surface area contributed by atoms with Crippen LogP contribution in [0.2, 0.25) is 0 Å². The second kappa shape index (κ2) is 7.74. The highest BCUT2D eigenvalue weighted by Crippen LogP contribution is 2.11. The molecule has 0 bridgehead atoms. The molecular formula is C17H19FN2S. The Hall–Kier alpha value is -1.94. The fourth-order valence-electron chi connectivity index (χ4n) is 2.00. The molecule has 4 heteroatoms. The Kier molecular flexibility index (Phi) is 5.69. The van der Waals surface area contributed by atoms with Crippen LogP contribution in [0.1, 0.15) is 24.5 Å². The number of benzene rings is 2. The van der Waals surface area contributed by atoms with Crippen molar-refractivity contribution in [1.82, 2.24) is 5.32 Å². The first-order valence-corrected chi connectivity index (χ1v) is 7.46. The third-order valence-electron chi connectivity index (χ3n) is 3.12. The maximum absolute atomic E-state index is 12.8. The summed E-state index contributed by atoms with van der Waals surface area (Å²) in [5, 5.41) is 6.80. The van der Waals surface area contributed by atoms with Crippen LogP contribution in [-0.4, -0.2) is 5.11 Å². The van der Waals surface area contributed by atoms with Crippen molar-refractivity contribution >= 4 is 23.0 Å². The van der Waals surface area contributed by atoms with Gasteiger partial charge in [0, 0.05) is 12.2 Å². The molecule has 0 spiro atoms. The standard InChI is InChI=1S/C17H19FN2S/c1-2-3-13-6-10-16(11-7-13)20-17(21)19-12-14-4-8-15(18)9-5-14/h4-11H,2-3,12H2,1H3,(H2,19,20,21). The summed E-state index contributed by atoms with van der Waals surface area (Å²) in [6, 6.07) is 14.6. The number of halogens is 1. The number of hydrogen-bond acceptors (Lipinski definition) is 1. The third-order valence-corrected chi connectivity index (χ3v) is 3.36. The minimum atomic E-state index is -0.230. The molecule has 0 heterocycles. The summed E-state index contributed by atoms with van der Waals surface area (Å²) >= 11 is 5.25. The molecule has 0 radical (unpaired) electrons. The molecule has 2 nitrogen and oxygen atoms in total. The predicted molar refractivity (Wildman–Crippen MR) is 89.9 cm³/mol. The van der Waals surface area contributed by atoms with Crippen molar-refractivity contribution in [2.45, 2.75) is 26.3 Å². The number of hydrogen-bond donors (Lipinski definition) is 2. The second-order valence-electron chi connectivity index (χ2n) is 4.88. The Balaban J connectivity index is 1.82. The average Bonchev–Trinajstić information content (AvgIpc) is 2.49. The van der Waals surface area contributed by atoms with Gasteiger partial charge in [0.25, 0.3) is 0 Å². The van der Waals surface area contributed by atoms with Crippen LogP contribution >= 0.6 is 12.2 Å². The van der Waals surface area contributed by atoms with E-state index in [0.717, 1.165) is 24.1 Å². The van der Waals surface area contributed by atoms with Crippen LogP contribution in [0.4, 0.5) is 10.1 Å². The average molecular weight is 302 g/mol. The summed E-state index contributed by atoms with van der Waals surface area (Å²) in [4.78, 5) is 0. The van der Waals surface area contributed by atoms with Crippen molar-refractivity contribution in [2.75, 3.05) is 5.32 Å². The summed E-state index contributed by atoms with van der Waals surface area (Å²) in [5.74, 6) is -0.230. The van der Waals surface area contributed by atoms with E-state index in [1.165, 1.54) is 17.7 Å². The molecule has 0 unspecified atom stereocenters. The van der Waals surface area contributed by atoms with E-state index in [1.54, 1.807) is 12.1 Å². The molecule has 0 saturated carbocycles. The molecule has 2 aromatic rings. The van der Waals surface area contributed by atoms with E-state index >= 15 is 0 Å². The quantitative estimate of drug-likeness (QED) is 0.807. The molecule has 110 valence electrons. The summed E-state index contributed by atoms with van der Waals surface area (Å²) in [7, 11) is 0. The zero-order valence-electron chi connectivity index (χ0n) is 12.0. The van der Waals surface area contributed by atoms with Gasteiger partial charge in [0.2, 0.25) is 0 Å². The van der Waals surface area contributed by atoms with Crippen molar-refractivity contribution < 1.29 is 4.39 Å². The van der Waals surface area contributed by atoms with E-state index < -0.39 is 0 Å². The van der Waals surface area contributed by atoms with Crippen LogP contribution in [0.3, 0.4) is 0 Å². The molecule has 0 aliphatic heterocycles. The predicted octanol–water partition coefficient (Wildman–Crippen LogP) is 4.26. The van der Waals surface area contributed by atoms with Crippen molar-refractivity contribution in [3.8, 4) is 0 Å². The monoisotopic (exact) mass is 302 g/mol. The van der Waals surface area contributed by atoms with Gasteiger partial charge in [0.1, 0.15) is 5.82 Å². The van der Waals surface area contributed by atoms with Gasteiger partial charge in [0.05, 0.1) is 0 Å². The van der Waals surface area contributed by atoms with E-state index in [1.807, 2.05) is 12.1 Å². The fourth-order valence-corrected chi connectivity index (χ4v) is 2.19. The minimum absolute atomic E-state index is 0.230. The molecular weight excluding hydrogens is 283 g/mol. The maximum Gasteiger partial charge on any atom is 0.171 e. The van der Waals surface area contributed by atoms with Gasteiger partial charge in [-0.2, -0.15) is 0 Å². The normalized spacial score (nSPS) is 10.2. The highest BCUT2D eigenvalue weighted by Gasteiger charge is 1.99. The molecule has 0 aromatic heterocycles. The van der Waals surface area contributed by atoms with Crippen LogP contribution in [0.25, 0.3) is 0 Å². The highest BCUT2D eigenvalue weighted by atomic mass is 32.1. The SMILES string of the molecule is CCCc1ccc(NC(=S)NCc2ccc(F)cc2)cc1. The number of thiocarbonyl (C=S) groups is 1. The largest absolute Gasteiger partial charge is 0.358 e. The summed E-state index contributed by atoms with van der Waals surface area (Å²) < 4.78 is 12.8. The van der Waals surface area contributed by atoms with Crippen LogP contribution in [0, 0.1) is 5.82 Å². The second-order valence-corrected chi connectivity index (χ2v) is 5.29. The van der Waals surface area contributed by atoms with Crippen molar-refractivity contribution in [3.05, 3.63) is 65.5 Å². The number of aryl methyl sites for hydroxylation is 1. The summed E-state index contributed by atoms with van der Waals surface area (Å²) in [6.45, 7) is 2.74. The topological polar surface area (TPSA) is 24.1 Å². The molecule has 0 amide bonds. The van der Waals surface area contributed by atoms with E-state index in [-0.39, 0.29) is 5.82 Å². The highest BCUT2D eigenvalue weighted by molar-refractivity contribution is 7.80. The molecule has 21 heavy (non-hydrogen) atoms. The minimum Gasteiger partial charge on any atom is -0.358 e. The van der Waals surface area contributed by atoms with Crippen molar-refractivity contribution in [1.29, 1.82) is 0 Å². The van der Waals surface area contributed by atoms with E-state index in [9.17, 15) is 4.39 Å². The molecule has 0 aliphatic rings. The Morgan fingerprint density at radius 1 is 1.00 bits per heavy atom. The molecule has 0 aliphatic carbocycles. The molecule has 2 aromatic carbocycles. The van der Waals surface area contributed by atoms with Gasteiger partial charge in [-0.1, -0.05) is 37.6 Å². The van der Waals surface area contributed by atoms with Gasteiger partial charge < -0.3 is 10.6 Å². The zero-order valence-corrected chi connectivity index (χ0v) is 12.8. The fraction of sp³-hybridized carbons (Fsp3) is 0.235. The molecule has 0 fully saturated rings. The van der Waals surface area contributed by atoms with E-state index in [2.05, 4.69) is 29.7 Å². The number of anilines is 1. The van der Waals surface area contributed by atoms with Gasteiger partial charge in [-0.25, -0.2) is 4.39 Å². The molecule has 0 saturated heterocycles. The molecule has 0 atom stereocenters. The van der Waals surface area contributed by atoms with Gasteiger partial charge in [0.15, 0.2) is 5.11 Å². The Bertz CT molecular complexity index is 579. The first-order chi connectivity index (χ1) is 10.2. The van der Waals surface area contributed by atoms with Crippen molar-refractivity contribution in [3.63, 3.8) is 0 Å². The van der Waals surface area contributed by atoms with E-state index in [4.69, 9.17) is 12.2 Å². The lowest BCUT2D eigenvalue weighted by Crippen LogP contribution is -2.27. The molecule has 2 N–H and O–H groups in total. The lowest BCUT2D eigenvalue weighted by Gasteiger charge is -2.11. The smallest absolute Gasteiger partial charge is 0.171 e. The van der Waals surface area contributed by atoms with Crippen molar-refractivity contribution in [2.24, 2.45) is 0 Å². The van der Waals surface area contributed by atoms with Crippen LogP contribution < -0.4 is 10.6 Å². The van der Waals surface area contributed by atoms with Gasteiger partial charge in [-0.3, -0.25) is 0 Å². The third kappa shape index (κ3) is 5.16. The number of nitrogens with one attached hydrogen (secondary N) is 2. The summed E-state index contributed by atoms with van der Waals surface area (Å²) in [6.07, 6.45) is 2.23. The maximum atomic E-state index is 12.8. The zero-order chi connectivity index (χ0) is 15.1. The van der Waals surface area contributed by atoms with Gasteiger partial charge >= 0.3 is 0 Å². The Morgan fingerprint density at radius 3 is 2.24 bits per heavy atom. The Labute approximate surface area is 130 Å². The lowest BCUT2D eigenvalue weighted by molar-refractivity contribution is 0.627.